The van der Waals surface area contributed by atoms with Gasteiger partial charge < -0.3 is 20.9 Å². The van der Waals surface area contributed by atoms with Crippen molar-refractivity contribution in [3.05, 3.63) is 85.6 Å². The summed E-state index contributed by atoms with van der Waals surface area (Å²) >= 11 is 0. The van der Waals surface area contributed by atoms with Crippen molar-refractivity contribution in [1.29, 1.82) is 0 Å². The van der Waals surface area contributed by atoms with Gasteiger partial charge in [0.2, 0.25) is 17.8 Å². The van der Waals surface area contributed by atoms with Crippen molar-refractivity contribution < 1.29 is 9.59 Å². The lowest BCUT2D eigenvalue weighted by molar-refractivity contribution is -0.127. The van der Waals surface area contributed by atoms with Gasteiger partial charge in [-0.1, -0.05) is 36.9 Å². The van der Waals surface area contributed by atoms with Crippen LogP contribution in [0, 0.1) is 0 Å². The Bertz CT molecular complexity index is 1470. The molecule has 0 bridgehead atoms. The number of carbonyl (C=O) groups is 2. The quantitative estimate of drug-likeness (QED) is 0.307. The van der Waals surface area contributed by atoms with Gasteiger partial charge in [-0.25, -0.2) is 9.97 Å². The van der Waals surface area contributed by atoms with E-state index in [9.17, 15) is 9.59 Å². The highest BCUT2D eigenvalue weighted by Gasteiger charge is 2.23. The van der Waals surface area contributed by atoms with Gasteiger partial charge in [-0.05, 0) is 54.5 Å². The third-order valence-electron chi connectivity index (χ3n) is 6.38. The molecule has 0 unspecified atom stereocenters. The summed E-state index contributed by atoms with van der Waals surface area (Å²) in [6.45, 7) is 6.64. The Hall–Kier alpha value is -4.72. The fourth-order valence-corrected chi connectivity index (χ4v) is 4.49. The fourth-order valence-electron chi connectivity index (χ4n) is 4.49. The molecule has 0 spiro atoms. The van der Waals surface area contributed by atoms with Gasteiger partial charge in [0.1, 0.15) is 0 Å². The minimum absolute atomic E-state index is 0.120. The second-order valence-electron chi connectivity index (χ2n) is 9.01. The molecule has 3 N–H and O–H groups in total. The number of hydrogen-bond donors (Lipinski definition) is 3. The molecule has 3 aromatic carbocycles. The van der Waals surface area contributed by atoms with E-state index >= 15 is 0 Å². The summed E-state index contributed by atoms with van der Waals surface area (Å²) in [5.74, 6) is 0.352. The van der Waals surface area contributed by atoms with E-state index < -0.39 is 0 Å². The van der Waals surface area contributed by atoms with Crippen LogP contribution in [0.15, 0.2) is 85.6 Å². The van der Waals surface area contributed by atoms with E-state index in [1.54, 1.807) is 13.1 Å². The molecule has 8 heteroatoms. The van der Waals surface area contributed by atoms with Crippen molar-refractivity contribution in [3.8, 4) is 11.1 Å². The van der Waals surface area contributed by atoms with Crippen LogP contribution >= 0.6 is 0 Å². The van der Waals surface area contributed by atoms with Crippen LogP contribution in [0.1, 0.15) is 13.3 Å². The fraction of sp³-hybridized carbons (Fsp3) is 0.172. The molecule has 1 aromatic heterocycles. The highest BCUT2D eigenvalue weighted by atomic mass is 16.2. The topological polar surface area (TPSA) is 99.2 Å². The molecule has 0 saturated carbocycles. The number of anilines is 4. The van der Waals surface area contributed by atoms with E-state index in [-0.39, 0.29) is 17.9 Å². The standard InChI is InChI=1S/C29H28N6O2/c1-3-27(37)32-24-8-4-6-20(16-24)26-9-5-7-21-17-30-29(34-28(21)26)33-23-12-10-22(11-13-23)31-25-14-15-35(18-25)19(2)36/h3-13,16-17,25,31H,1,14-15,18H2,2H3,(H,32,37)(H,30,33,34)/t25-/m0/s1. The monoisotopic (exact) mass is 492 g/mol. The highest BCUT2D eigenvalue weighted by Crippen LogP contribution is 2.30. The molecule has 1 atom stereocenters. The average Bonchev–Trinajstić information content (AvgIpc) is 3.38. The molecule has 2 amide bonds. The van der Waals surface area contributed by atoms with E-state index in [2.05, 4.69) is 27.5 Å². The van der Waals surface area contributed by atoms with Gasteiger partial charge in [0.15, 0.2) is 0 Å². The highest BCUT2D eigenvalue weighted by molar-refractivity contribution is 6.00. The lowest BCUT2D eigenvalue weighted by atomic mass is 10.0. The van der Waals surface area contributed by atoms with Gasteiger partial charge in [-0.2, -0.15) is 0 Å². The average molecular weight is 493 g/mol. The SMILES string of the molecule is C=CC(=O)Nc1cccc(-c2cccc3cnc(Nc4ccc(N[C@H]5CCN(C(C)=O)C5)cc4)nc23)c1. The van der Waals surface area contributed by atoms with Crippen molar-refractivity contribution in [2.45, 2.75) is 19.4 Å². The Morgan fingerprint density at radius 2 is 1.81 bits per heavy atom. The number of carbonyl (C=O) groups excluding carboxylic acids is 2. The van der Waals surface area contributed by atoms with Gasteiger partial charge in [0.25, 0.3) is 0 Å². The maximum atomic E-state index is 11.7. The van der Waals surface area contributed by atoms with Crippen LogP contribution in [-0.2, 0) is 9.59 Å². The summed E-state index contributed by atoms with van der Waals surface area (Å²) in [7, 11) is 0. The van der Waals surface area contributed by atoms with Crippen LogP contribution in [0.2, 0.25) is 0 Å². The summed E-state index contributed by atoms with van der Waals surface area (Å²) in [5.41, 5.74) is 5.24. The molecule has 0 aliphatic carbocycles. The number of amides is 2. The first-order valence-corrected chi connectivity index (χ1v) is 12.2. The molecule has 5 rings (SSSR count). The van der Waals surface area contributed by atoms with Gasteiger partial charge in [0.05, 0.1) is 5.52 Å². The smallest absolute Gasteiger partial charge is 0.247 e. The zero-order chi connectivity index (χ0) is 25.8. The maximum absolute atomic E-state index is 11.7. The first-order chi connectivity index (χ1) is 18.0. The number of para-hydroxylation sites is 1. The second-order valence-corrected chi connectivity index (χ2v) is 9.01. The van der Waals surface area contributed by atoms with Crippen molar-refractivity contribution in [3.63, 3.8) is 0 Å². The van der Waals surface area contributed by atoms with Crippen LogP contribution < -0.4 is 16.0 Å². The third kappa shape index (κ3) is 5.59. The molecule has 1 aliphatic rings. The zero-order valence-electron chi connectivity index (χ0n) is 20.6. The first-order valence-electron chi connectivity index (χ1n) is 12.2. The van der Waals surface area contributed by atoms with Crippen LogP contribution in [0.3, 0.4) is 0 Å². The van der Waals surface area contributed by atoms with Crippen molar-refractivity contribution in [2.24, 2.45) is 0 Å². The normalized spacial score (nSPS) is 14.8. The molecule has 8 nitrogen and oxygen atoms in total. The Kier molecular flexibility index (Phi) is 6.81. The molecule has 0 radical (unpaired) electrons. The molecule has 186 valence electrons. The summed E-state index contributed by atoms with van der Waals surface area (Å²) in [5, 5.41) is 10.5. The Labute approximate surface area is 215 Å². The summed E-state index contributed by atoms with van der Waals surface area (Å²) in [4.78, 5) is 34.5. The van der Waals surface area contributed by atoms with Crippen molar-refractivity contribution >= 4 is 45.7 Å². The molecular weight excluding hydrogens is 464 g/mol. The number of nitrogens with zero attached hydrogens (tertiary/aromatic N) is 3. The second kappa shape index (κ2) is 10.5. The Morgan fingerprint density at radius 3 is 2.57 bits per heavy atom. The lowest BCUT2D eigenvalue weighted by Crippen LogP contribution is -2.29. The zero-order valence-corrected chi connectivity index (χ0v) is 20.6. The molecular formula is C29H28N6O2. The minimum atomic E-state index is -0.258. The molecule has 4 aromatic rings. The van der Waals surface area contributed by atoms with Gasteiger partial charge in [-0.3, -0.25) is 9.59 Å². The predicted octanol–water partition coefficient (Wildman–Crippen LogP) is 5.20. The number of likely N-dealkylation sites (tertiary alicyclic amines) is 1. The maximum Gasteiger partial charge on any atom is 0.247 e. The predicted molar refractivity (Wildman–Crippen MR) is 148 cm³/mol. The molecule has 1 saturated heterocycles. The first kappa shape index (κ1) is 24.0. The van der Waals surface area contributed by atoms with E-state index in [4.69, 9.17) is 4.98 Å². The van der Waals surface area contributed by atoms with E-state index in [1.165, 1.54) is 6.08 Å². The van der Waals surface area contributed by atoms with E-state index in [1.807, 2.05) is 71.6 Å². The lowest BCUT2D eigenvalue weighted by Gasteiger charge is -2.16. The summed E-state index contributed by atoms with van der Waals surface area (Å²) < 4.78 is 0. The Balaban J connectivity index is 1.33. The van der Waals surface area contributed by atoms with Crippen LogP contribution in [0.25, 0.3) is 22.0 Å². The van der Waals surface area contributed by atoms with Crippen molar-refractivity contribution in [1.82, 2.24) is 14.9 Å². The number of benzene rings is 3. The minimum Gasteiger partial charge on any atom is -0.380 e. The largest absolute Gasteiger partial charge is 0.380 e. The molecule has 1 fully saturated rings. The number of hydrogen-bond acceptors (Lipinski definition) is 6. The molecule has 37 heavy (non-hydrogen) atoms. The summed E-state index contributed by atoms with van der Waals surface area (Å²) in [6, 6.07) is 21.8. The Morgan fingerprint density at radius 1 is 1.03 bits per heavy atom. The van der Waals surface area contributed by atoms with Crippen LogP contribution in [-0.4, -0.2) is 45.8 Å². The van der Waals surface area contributed by atoms with E-state index in [0.717, 1.165) is 52.9 Å². The number of rotatable bonds is 7. The van der Waals surface area contributed by atoms with Gasteiger partial charge in [-0.15, -0.1) is 0 Å². The molecule has 2 heterocycles. The van der Waals surface area contributed by atoms with Crippen LogP contribution in [0.4, 0.5) is 23.0 Å². The summed E-state index contributed by atoms with van der Waals surface area (Å²) in [6.07, 6.45) is 3.99. The molecule has 1 aliphatic heterocycles. The number of fused-ring (bicyclic) bond motifs is 1. The number of nitrogens with one attached hydrogen (secondary N) is 3. The van der Waals surface area contributed by atoms with E-state index in [0.29, 0.717) is 11.6 Å². The van der Waals surface area contributed by atoms with Crippen LogP contribution in [0.5, 0.6) is 0 Å². The van der Waals surface area contributed by atoms with Gasteiger partial charge >= 0.3 is 0 Å². The van der Waals surface area contributed by atoms with Crippen molar-refractivity contribution in [2.75, 3.05) is 29.0 Å². The van der Waals surface area contributed by atoms with Gasteiger partial charge in [0, 0.05) is 60.3 Å². The third-order valence-corrected chi connectivity index (χ3v) is 6.38. The number of aromatic nitrogens is 2.